The van der Waals surface area contributed by atoms with Crippen LogP contribution in [-0.4, -0.2) is 10.9 Å². The minimum atomic E-state index is -0.743. The summed E-state index contributed by atoms with van der Waals surface area (Å²) >= 11 is 0. The quantitative estimate of drug-likeness (QED) is 0.734. The van der Waals surface area contributed by atoms with Crippen LogP contribution in [0.1, 0.15) is 23.7 Å². The second-order valence-electron chi connectivity index (χ2n) is 6.24. The molecule has 1 aliphatic heterocycles. The molecule has 0 saturated heterocycles. The topological polar surface area (TPSA) is 33.2 Å². The van der Waals surface area contributed by atoms with Crippen LogP contribution in [0.25, 0.3) is 0 Å². The van der Waals surface area contributed by atoms with Gasteiger partial charge in [0.1, 0.15) is 5.41 Å². The summed E-state index contributed by atoms with van der Waals surface area (Å²) in [6.07, 6.45) is 1.76. The van der Waals surface area contributed by atoms with E-state index >= 15 is 0 Å². The number of carbonyl (C=O) groups excluding carboxylic acids is 1. The molecule has 24 heavy (non-hydrogen) atoms. The number of aromatic nitrogens is 1. The van der Waals surface area contributed by atoms with Crippen molar-refractivity contribution in [2.75, 3.05) is 4.90 Å². The highest BCUT2D eigenvalue weighted by Gasteiger charge is 2.49. The van der Waals surface area contributed by atoms with Crippen LogP contribution in [0.5, 0.6) is 0 Å². The molecule has 4 rings (SSSR count). The molecular weight excluding hydrogens is 296 g/mol. The fourth-order valence-electron chi connectivity index (χ4n) is 3.44. The van der Waals surface area contributed by atoms with Gasteiger partial charge in [-0.3, -0.25) is 9.78 Å². The zero-order valence-corrected chi connectivity index (χ0v) is 13.5. The highest BCUT2D eigenvalue weighted by Crippen LogP contribution is 2.45. The minimum absolute atomic E-state index is 0.0752. The van der Waals surface area contributed by atoms with Crippen molar-refractivity contribution in [3.8, 4) is 0 Å². The van der Waals surface area contributed by atoms with Crippen molar-refractivity contribution in [1.82, 2.24) is 4.98 Å². The molecule has 0 saturated carbocycles. The first-order chi connectivity index (χ1) is 11.7. The van der Waals surface area contributed by atoms with E-state index in [4.69, 9.17) is 0 Å². The van der Waals surface area contributed by atoms with Gasteiger partial charge in [0.25, 0.3) is 0 Å². The van der Waals surface area contributed by atoms with Crippen molar-refractivity contribution in [3.63, 3.8) is 0 Å². The summed E-state index contributed by atoms with van der Waals surface area (Å²) in [7, 11) is 0. The molecule has 0 aliphatic carbocycles. The Morgan fingerprint density at radius 3 is 2.29 bits per heavy atom. The van der Waals surface area contributed by atoms with Crippen LogP contribution in [-0.2, 0) is 16.8 Å². The van der Waals surface area contributed by atoms with Crippen LogP contribution in [0.15, 0.2) is 79.0 Å². The van der Waals surface area contributed by atoms with Crippen LogP contribution in [0.3, 0.4) is 0 Å². The van der Waals surface area contributed by atoms with E-state index < -0.39 is 5.41 Å². The Balaban J connectivity index is 1.83. The van der Waals surface area contributed by atoms with Crippen molar-refractivity contribution in [2.45, 2.75) is 18.9 Å². The smallest absolute Gasteiger partial charge is 0.243 e. The molecule has 3 nitrogen and oxygen atoms in total. The Hall–Kier alpha value is -2.94. The molecule has 3 aromatic rings. The fraction of sp³-hybridized carbons (Fsp3) is 0.143. The molecule has 2 aromatic carbocycles. The third-order valence-electron chi connectivity index (χ3n) is 4.76. The average molecular weight is 314 g/mol. The van der Waals surface area contributed by atoms with Gasteiger partial charge in [-0.05, 0) is 30.2 Å². The van der Waals surface area contributed by atoms with E-state index in [1.807, 2.05) is 84.6 Å². The van der Waals surface area contributed by atoms with Gasteiger partial charge in [-0.15, -0.1) is 0 Å². The Morgan fingerprint density at radius 1 is 0.917 bits per heavy atom. The maximum Gasteiger partial charge on any atom is 0.243 e. The number of fused-ring (bicyclic) bond motifs is 1. The first kappa shape index (κ1) is 14.6. The number of hydrogen-bond donors (Lipinski definition) is 0. The molecule has 0 N–H and O–H groups in total. The summed E-state index contributed by atoms with van der Waals surface area (Å²) in [6, 6.07) is 23.8. The largest absolute Gasteiger partial charge is 0.305 e. The van der Waals surface area contributed by atoms with Crippen molar-refractivity contribution < 1.29 is 4.79 Å². The third-order valence-corrected chi connectivity index (χ3v) is 4.76. The second-order valence-corrected chi connectivity index (χ2v) is 6.24. The molecular formula is C21H18N2O. The molecule has 0 radical (unpaired) electrons. The van der Waals surface area contributed by atoms with Crippen molar-refractivity contribution >= 4 is 11.6 Å². The van der Waals surface area contributed by atoms with Crippen molar-refractivity contribution in [2.24, 2.45) is 0 Å². The normalized spacial score (nSPS) is 19.4. The summed E-state index contributed by atoms with van der Waals surface area (Å²) in [5, 5.41) is 0. The number of anilines is 1. The SMILES string of the molecule is CC1(c2ccccc2)C(=O)N(Cc2ccccc2)c2cccnc21. The minimum Gasteiger partial charge on any atom is -0.305 e. The average Bonchev–Trinajstić information content (AvgIpc) is 2.87. The molecule has 0 fully saturated rings. The number of rotatable bonds is 3. The zero-order valence-electron chi connectivity index (χ0n) is 13.5. The number of pyridine rings is 1. The Morgan fingerprint density at radius 2 is 1.58 bits per heavy atom. The molecule has 1 aromatic heterocycles. The van der Waals surface area contributed by atoms with E-state index in [0.29, 0.717) is 6.54 Å². The predicted molar refractivity (Wildman–Crippen MR) is 94.8 cm³/mol. The summed E-state index contributed by atoms with van der Waals surface area (Å²) < 4.78 is 0. The molecule has 1 atom stereocenters. The summed E-state index contributed by atoms with van der Waals surface area (Å²) in [6.45, 7) is 2.53. The van der Waals surface area contributed by atoms with Gasteiger partial charge in [0, 0.05) is 6.20 Å². The molecule has 1 aliphatic rings. The molecule has 118 valence electrons. The summed E-state index contributed by atoms with van der Waals surface area (Å²) in [4.78, 5) is 19.8. The van der Waals surface area contributed by atoms with Crippen LogP contribution < -0.4 is 4.90 Å². The van der Waals surface area contributed by atoms with Gasteiger partial charge < -0.3 is 4.90 Å². The van der Waals surface area contributed by atoms with Crippen LogP contribution in [0.2, 0.25) is 0 Å². The first-order valence-corrected chi connectivity index (χ1v) is 8.08. The highest BCUT2D eigenvalue weighted by atomic mass is 16.2. The van der Waals surface area contributed by atoms with Gasteiger partial charge in [0.15, 0.2) is 0 Å². The molecule has 0 spiro atoms. The Bertz CT molecular complexity index is 877. The zero-order chi connectivity index (χ0) is 16.6. The maximum atomic E-state index is 13.4. The molecule has 1 amide bonds. The lowest BCUT2D eigenvalue weighted by atomic mass is 9.80. The van der Waals surface area contributed by atoms with Crippen LogP contribution in [0, 0.1) is 0 Å². The van der Waals surface area contributed by atoms with E-state index in [1.165, 1.54) is 0 Å². The standard InChI is InChI=1S/C21H18N2O/c1-21(17-11-6-3-7-12-17)19-18(13-8-14-22-19)23(20(21)24)15-16-9-4-2-5-10-16/h2-14H,15H2,1H3. The molecule has 2 heterocycles. The maximum absolute atomic E-state index is 13.4. The predicted octanol–water partition coefficient (Wildman–Crippen LogP) is 3.93. The summed E-state index contributed by atoms with van der Waals surface area (Å²) in [5.41, 5.74) is 3.07. The van der Waals surface area contributed by atoms with Crippen molar-refractivity contribution in [3.05, 3.63) is 95.8 Å². The van der Waals surface area contributed by atoms with Gasteiger partial charge in [-0.2, -0.15) is 0 Å². The van der Waals surface area contributed by atoms with Crippen LogP contribution >= 0.6 is 0 Å². The summed E-state index contributed by atoms with van der Waals surface area (Å²) in [5.74, 6) is 0.0752. The fourth-order valence-corrected chi connectivity index (χ4v) is 3.44. The van der Waals surface area contributed by atoms with E-state index in [-0.39, 0.29) is 5.91 Å². The lowest BCUT2D eigenvalue weighted by Gasteiger charge is -2.24. The number of amides is 1. The third kappa shape index (κ3) is 2.13. The van der Waals surface area contributed by atoms with E-state index in [9.17, 15) is 4.79 Å². The van der Waals surface area contributed by atoms with Gasteiger partial charge >= 0.3 is 0 Å². The van der Waals surface area contributed by atoms with Crippen LogP contribution in [0.4, 0.5) is 5.69 Å². The lowest BCUT2D eigenvalue weighted by molar-refractivity contribution is -0.121. The molecule has 0 bridgehead atoms. The number of hydrogen-bond acceptors (Lipinski definition) is 2. The number of benzene rings is 2. The second kappa shape index (κ2) is 5.60. The van der Waals surface area contributed by atoms with Crippen molar-refractivity contribution in [1.29, 1.82) is 0 Å². The lowest BCUT2D eigenvalue weighted by Crippen LogP contribution is -2.39. The van der Waals surface area contributed by atoms with Gasteiger partial charge in [-0.25, -0.2) is 0 Å². The van der Waals surface area contributed by atoms with E-state index in [1.54, 1.807) is 6.20 Å². The monoisotopic (exact) mass is 314 g/mol. The highest BCUT2D eigenvalue weighted by molar-refractivity contribution is 6.09. The van der Waals surface area contributed by atoms with Gasteiger partial charge in [-0.1, -0.05) is 60.7 Å². The molecule has 3 heteroatoms. The Kier molecular flexibility index (Phi) is 3.42. The van der Waals surface area contributed by atoms with E-state index in [2.05, 4.69) is 4.98 Å². The number of carbonyl (C=O) groups is 1. The Labute approximate surface area is 141 Å². The van der Waals surface area contributed by atoms with E-state index in [0.717, 1.165) is 22.5 Å². The van der Waals surface area contributed by atoms with Gasteiger partial charge in [0.2, 0.25) is 5.91 Å². The first-order valence-electron chi connectivity index (χ1n) is 8.08. The molecule has 1 unspecified atom stereocenters. The van der Waals surface area contributed by atoms with Gasteiger partial charge in [0.05, 0.1) is 17.9 Å². The number of nitrogens with zero attached hydrogens (tertiary/aromatic N) is 2.